The Morgan fingerprint density at radius 2 is 1.79 bits per heavy atom. The molecule has 244 valence electrons. The Hall–Kier alpha value is -5.54. The maximum atomic E-state index is 14.0. The van der Waals surface area contributed by atoms with Gasteiger partial charge < -0.3 is 14.8 Å². The number of amides is 2. The minimum absolute atomic E-state index is 0.0184. The van der Waals surface area contributed by atoms with Crippen molar-refractivity contribution >= 4 is 46.3 Å². The zero-order chi connectivity index (χ0) is 33.6. The van der Waals surface area contributed by atoms with Gasteiger partial charge in [0.1, 0.15) is 0 Å². The fourth-order valence-corrected chi connectivity index (χ4v) is 6.83. The van der Waals surface area contributed by atoms with E-state index in [-0.39, 0.29) is 29.8 Å². The first-order valence-corrected chi connectivity index (χ1v) is 16.5. The Labute approximate surface area is 283 Å². The van der Waals surface area contributed by atoms with Gasteiger partial charge in [0.25, 0.3) is 17.5 Å². The fraction of sp³-hybridized carbons (Fsp3) is 0.182. The summed E-state index contributed by atoms with van der Waals surface area (Å²) in [5.74, 6) is 0.819. The molecule has 2 amide bonds. The number of methoxy groups -OCH3 is 2. The van der Waals surface area contributed by atoms with Crippen molar-refractivity contribution in [3.63, 3.8) is 0 Å². The number of aromatic nitrogens is 3. The van der Waals surface area contributed by atoms with Gasteiger partial charge >= 0.3 is 0 Å². The van der Waals surface area contributed by atoms with E-state index in [9.17, 15) is 19.7 Å². The molecule has 1 N–H and O–H groups in total. The van der Waals surface area contributed by atoms with Gasteiger partial charge in [0.15, 0.2) is 22.5 Å². The van der Waals surface area contributed by atoms with Gasteiger partial charge in [0.2, 0.25) is 0 Å². The van der Waals surface area contributed by atoms with Gasteiger partial charge in [-0.15, -0.1) is 21.5 Å². The average Bonchev–Trinajstić information content (AvgIpc) is 3.90. The van der Waals surface area contributed by atoms with E-state index in [0.29, 0.717) is 40.2 Å². The van der Waals surface area contributed by atoms with E-state index in [2.05, 4.69) is 15.5 Å². The number of nitro benzene ring substituents is 1. The number of thiophene rings is 1. The second kappa shape index (κ2) is 14.5. The van der Waals surface area contributed by atoms with Gasteiger partial charge in [-0.2, -0.15) is 5.10 Å². The zero-order valence-corrected chi connectivity index (χ0v) is 27.4. The Morgan fingerprint density at radius 1 is 1.00 bits per heavy atom. The molecule has 15 heteroatoms. The van der Waals surface area contributed by atoms with Crippen LogP contribution in [-0.2, 0) is 11.3 Å². The molecule has 0 bridgehead atoms. The number of benzene rings is 3. The van der Waals surface area contributed by atoms with Gasteiger partial charge in [-0.05, 0) is 41.8 Å². The number of non-ortho nitro benzene ring substituents is 1. The second-order valence-electron chi connectivity index (χ2n) is 10.4. The van der Waals surface area contributed by atoms with Crippen LogP contribution in [0.5, 0.6) is 11.5 Å². The van der Waals surface area contributed by atoms with Crippen LogP contribution in [0.3, 0.4) is 0 Å². The van der Waals surface area contributed by atoms with Crippen LogP contribution in [0.1, 0.15) is 39.1 Å². The number of thioether (sulfide) groups is 1. The van der Waals surface area contributed by atoms with Crippen LogP contribution in [0, 0.1) is 10.1 Å². The smallest absolute Gasteiger partial charge is 0.269 e. The molecule has 0 radical (unpaired) electrons. The lowest BCUT2D eigenvalue weighted by Crippen LogP contribution is -2.29. The lowest BCUT2D eigenvalue weighted by molar-refractivity contribution is -0.384. The first-order chi connectivity index (χ1) is 23.4. The van der Waals surface area contributed by atoms with E-state index in [0.717, 1.165) is 27.9 Å². The number of nitrogens with one attached hydrogen (secondary N) is 1. The molecule has 3 aromatic carbocycles. The number of para-hydroxylation sites is 1. The topological polar surface area (TPSA) is 154 Å². The first-order valence-electron chi connectivity index (χ1n) is 14.7. The van der Waals surface area contributed by atoms with Crippen molar-refractivity contribution in [1.29, 1.82) is 0 Å². The number of ether oxygens (including phenoxy) is 2. The molecule has 1 aliphatic heterocycles. The largest absolute Gasteiger partial charge is 0.493 e. The fourth-order valence-electron chi connectivity index (χ4n) is 5.28. The lowest BCUT2D eigenvalue weighted by atomic mass is 9.99. The van der Waals surface area contributed by atoms with E-state index in [1.165, 1.54) is 17.1 Å². The zero-order valence-electron chi connectivity index (χ0n) is 25.8. The SMILES string of the molecule is COc1cccc(C2CC(c3cccs3)=NN2C(=O)CSc2nnc(CNC(=O)c3ccccc3)n2-c2ccc([N+](=O)[O-])cc2)c1OC. The normalized spacial score (nSPS) is 14.0. The summed E-state index contributed by atoms with van der Waals surface area (Å²) in [6.07, 6.45) is 0.477. The summed E-state index contributed by atoms with van der Waals surface area (Å²) in [6, 6.07) is 23.6. The molecule has 2 aromatic heterocycles. The first kappa shape index (κ1) is 32.4. The van der Waals surface area contributed by atoms with Crippen LogP contribution in [0.2, 0.25) is 0 Å². The van der Waals surface area contributed by atoms with Crippen molar-refractivity contribution in [2.45, 2.75) is 24.2 Å². The Balaban J connectivity index is 1.28. The molecular weight excluding hydrogens is 655 g/mol. The van der Waals surface area contributed by atoms with Crippen LogP contribution in [0.25, 0.3) is 5.69 Å². The summed E-state index contributed by atoms with van der Waals surface area (Å²) in [7, 11) is 3.12. The number of hydrazone groups is 1. The third-order valence-electron chi connectivity index (χ3n) is 7.55. The molecule has 0 fully saturated rings. The number of hydrogen-bond acceptors (Lipinski definition) is 11. The van der Waals surface area contributed by atoms with Crippen LogP contribution >= 0.6 is 23.1 Å². The second-order valence-corrected chi connectivity index (χ2v) is 12.3. The molecule has 1 unspecified atom stereocenters. The monoisotopic (exact) mass is 683 g/mol. The molecule has 3 heterocycles. The van der Waals surface area contributed by atoms with Gasteiger partial charge in [-0.25, -0.2) is 5.01 Å². The molecule has 1 atom stereocenters. The number of carbonyl (C=O) groups is 2. The summed E-state index contributed by atoms with van der Waals surface area (Å²) in [6.45, 7) is 0.0184. The number of hydrogen-bond donors (Lipinski definition) is 1. The molecule has 48 heavy (non-hydrogen) atoms. The molecule has 1 aliphatic rings. The molecular formula is C33H29N7O6S2. The van der Waals surface area contributed by atoms with E-state index < -0.39 is 11.0 Å². The number of carbonyl (C=O) groups excluding carboxylic acids is 2. The predicted octanol–water partition coefficient (Wildman–Crippen LogP) is 5.65. The van der Waals surface area contributed by atoms with E-state index in [4.69, 9.17) is 14.6 Å². The minimum Gasteiger partial charge on any atom is -0.493 e. The summed E-state index contributed by atoms with van der Waals surface area (Å²) >= 11 is 2.69. The Kier molecular flexibility index (Phi) is 9.78. The predicted molar refractivity (Wildman–Crippen MR) is 181 cm³/mol. The van der Waals surface area contributed by atoms with Crippen LogP contribution in [0.15, 0.2) is 101 Å². The van der Waals surface area contributed by atoms with E-state index in [1.54, 1.807) is 72.6 Å². The highest BCUT2D eigenvalue weighted by atomic mass is 32.2. The number of nitrogens with zero attached hydrogens (tertiary/aromatic N) is 6. The Bertz CT molecular complexity index is 1960. The summed E-state index contributed by atoms with van der Waals surface area (Å²) in [5.41, 5.74) is 2.47. The van der Waals surface area contributed by atoms with Crippen molar-refractivity contribution in [2.24, 2.45) is 5.10 Å². The highest BCUT2D eigenvalue weighted by Gasteiger charge is 2.36. The number of nitro groups is 1. The maximum Gasteiger partial charge on any atom is 0.269 e. The summed E-state index contributed by atoms with van der Waals surface area (Å²) < 4.78 is 12.9. The van der Waals surface area contributed by atoms with Gasteiger partial charge in [-0.3, -0.25) is 24.3 Å². The van der Waals surface area contributed by atoms with Crippen LogP contribution in [-0.4, -0.2) is 62.2 Å². The highest BCUT2D eigenvalue weighted by Crippen LogP contribution is 2.42. The summed E-state index contributed by atoms with van der Waals surface area (Å²) in [4.78, 5) is 38.5. The minimum atomic E-state index is -0.486. The van der Waals surface area contributed by atoms with Crippen molar-refractivity contribution in [3.05, 3.63) is 122 Å². The van der Waals surface area contributed by atoms with E-state index in [1.807, 2.05) is 35.7 Å². The van der Waals surface area contributed by atoms with Gasteiger partial charge in [0.05, 0.1) is 48.1 Å². The maximum absolute atomic E-state index is 14.0. The lowest BCUT2D eigenvalue weighted by Gasteiger charge is -2.24. The van der Waals surface area contributed by atoms with Gasteiger partial charge in [-0.1, -0.05) is 48.2 Å². The summed E-state index contributed by atoms with van der Waals surface area (Å²) in [5, 5.41) is 31.4. The molecule has 5 aromatic rings. The molecule has 13 nitrogen and oxygen atoms in total. The molecule has 0 aliphatic carbocycles. The molecule has 0 saturated heterocycles. The van der Waals surface area contributed by atoms with Crippen LogP contribution in [0.4, 0.5) is 5.69 Å². The third-order valence-corrected chi connectivity index (χ3v) is 9.38. The van der Waals surface area contributed by atoms with Gasteiger partial charge in [0, 0.05) is 35.4 Å². The third kappa shape index (κ3) is 6.77. The standard InChI is InChI=1S/C33H29N7O6S2/c1-45-27-11-6-10-24(31(27)46-2)26-18-25(28-12-7-17-47-28)37-39(26)30(41)20-48-33-36-35-29(19-34-32(42)21-8-4-3-5-9-21)38(33)22-13-15-23(16-14-22)40(43)44/h3-17,26H,18-20H2,1-2H3,(H,34,42). The van der Waals surface area contributed by atoms with Crippen molar-refractivity contribution < 1.29 is 24.0 Å². The molecule has 0 spiro atoms. The Morgan fingerprint density at radius 3 is 2.48 bits per heavy atom. The molecule has 0 saturated carbocycles. The molecule has 6 rings (SSSR count). The quantitative estimate of drug-likeness (QED) is 0.0998. The highest BCUT2D eigenvalue weighted by molar-refractivity contribution is 7.99. The average molecular weight is 684 g/mol. The van der Waals surface area contributed by atoms with E-state index >= 15 is 0 Å². The van der Waals surface area contributed by atoms with Crippen molar-refractivity contribution in [1.82, 2.24) is 25.1 Å². The number of rotatable bonds is 12. The van der Waals surface area contributed by atoms with Crippen molar-refractivity contribution in [2.75, 3.05) is 20.0 Å². The van der Waals surface area contributed by atoms with Crippen molar-refractivity contribution in [3.8, 4) is 17.2 Å². The van der Waals surface area contributed by atoms with Crippen LogP contribution < -0.4 is 14.8 Å².